The van der Waals surface area contributed by atoms with E-state index in [1.54, 1.807) is 4.88 Å². The van der Waals surface area contributed by atoms with Gasteiger partial charge in [-0.25, -0.2) is 0 Å². The van der Waals surface area contributed by atoms with E-state index in [9.17, 15) is 0 Å². The van der Waals surface area contributed by atoms with Gasteiger partial charge in [0.15, 0.2) is 0 Å². The predicted octanol–water partition coefficient (Wildman–Crippen LogP) is 8.11. The number of thiophene rings is 1. The standard InChI is InChI=1S/C19H21N.C12H14S.2C2H6/c1-5-12-17-16(6-2)18(7-3)20(19(17)8-4)15-13-10-9-11-14-15;1-3-9-10-7-5-6-8-12(10)13-11(9)4-2;2*1-2/h6-14H,2-3,5H2,1,4H3;3-5,7H,6,8H2,1-2H3;2*1-2H3/b17-12-,19-8+;9-3-,11-4+;;. The Hall–Kier alpha value is -3.10. The van der Waals surface area contributed by atoms with Gasteiger partial charge in [0.25, 0.3) is 0 Å². The molecule has 2 heterocycles. The molecule has 0 aliphatic heterocycles. The Bertz CT molecular complexity index is 1390. The Morgan fingerprint density at radius 3 is 2.08 bits per heavy atom. The molecule has 0 unspecified atom stereocenters. The minimum Gasteiger partial charge on any atom is -0.310 e. The highest BCUT2D eigenvalue weighted by Gasteiger charge is 2.11. The fourth-order valence-corrected chi connectivity index (χ4v) is 5.67. The lowest BCUT2D eigenvalue weighted by Gasteiger charge is -2.07. The Morgan fingerprint density at radius 2 is 1.57 bits per heavy atom. The average molecular weight is 514 g/mol. The maximum Gasteiger partial charge on any atom is 0.0534 e. The lowest BCUT2D eigenvalue weighted by atomic mass is 10.0. The summed E-state index contributed by atoms with van der Waals surface area (Å²) < 4.78 is 3.67. The van der Waals surface area contributed by atoms with Gasteiger partial charge >= 0.3 is 0 Å². The molecule has 1 nitrogen and oxygen atoms in total. The molecule has 0 spiro atoms. The van der Waals surface area contributed by atoms with E-state index in [0.717, 1.165) is 23.4 Å². The highest BCUT2D eigenvalue weighted by atomic mass is 32.1. The van der Waals surface area contributed by atoms with Crippen molar-refractivity contribution in [2.24, 2.45) is 0 Å². The summed E-state index contributed by atoms with van der Waals surface area (Å²) in [4.78, 5) is 1.56. The van der Waals surface area contributed by atoms with Crippen LogP contribution in [-0.2, 0) is 6.42 Å². The smallest absolute Gasteiger partial charge is 0.0534 e. The first-order valence-corrected chi connectivity index (χ1v) is 14.6. The van der Waals surface area contributed by atoms with Crippen molar-refractivity contribution in [2.75, 3.05) is 0 Å². The Morgan fingerprint density at radius 1 is 0.892 bits per heavy atom. The number of nitrogens with zero attached hydrogens (tertiary/aromatic N) is 1. The number of allylic oxidation sites excluding steroid dienone is 1. The van der Waals surface area contributed by atoms with Crippen molar-refractivity contribution in [1.82, 2.24) is 4.57 Å². The minimum absolute atomic E-state index is 0.997. The van der Waals surface area contributed by atoms with Gasteiger partial charge in [-0.2, -0.15) is 0 Å². The largest absolute Gasteiger partial charge is 0.310 e. The van der Waals surface area contributed by atoms with Gasteiger partial charge in [-0.15, -0.1) is 11.3 Å². The molecule has 0 N–H and O–H groups in total. The van der Waals surface area contributed by atoms with E-state index in [1.165, 1.54) is 38.7 Å². The van der Waals surface area contributed by atoms with E-state index in [0.29, 0.717) is 0 Å². The van der Waals surface area contributed by atoms with E-state index in [-0.39, 0.29) is 0 Å². The van der Waals surface area contributed by atoms with Crippen LogP contribution in [0.1, 0.15) is 89.9 Å². The zero-order valence-corrected chi connectivity index (χ0v) is 25.2. The lowest BCUT2D eigenvalue weighted by Crippen LogP contribution is -2.29. The summed E-state index contributed by atoms with van der Waals surface area (Å²) in [5.74, 6) is 0. The van der Waals surface area contributed by atoms with Crippen molar-refractivity contribution in [3.8, 4) is 5.69 Å². The van der Waals surface area contributed by atoms with Crippen LogP contribution in [0, 0.1) is 0 Å². The molecular formula is C35H47NS. The highest BCUT2D eigenvalue weighted by molar-refractivity contribution is 7.10. The van der Waals surface area contributed by atoms with Gasteiger partial charge in [0.2, 0.25) is 0 Å². The third-order valence-corrected chi connectivity index (χ3v) is 7.23. The predicted molar refractivity (Wildman–Crippen MR) is 174 cm³/mol. The zero-order chi connectivity index (χ0) is 27.8. The van der Waals surface area contributed by atoms with E-state index < -0.39 is 0 Å². The monoisotopic (exact) mass is 513 g/mol. The van der Waals surface area contributed by atoms with Crippen LogP contribution in [0.3, 0.4) is 0 Å². The number of aryl methyl sites for hydroxylation is 1. The summed E-state index contributed by atoms with van der Waals surface area (Å²) in [7, 11) is 0. The van der Waals surface area contributed by atoms with Crippen molar-refractivity contribution >= 4 is 53.9 Å². The molecule has 0 fully saturated rings. The van der Waals surface area contributed by atoms with Crippen molar-refractivity contribution in [1.29, 1.82) is 0 Å². The van der Waals surface area contributed by atoms with Crippen LogP contribution in [0.2, 0.25) is 0 Å². The molecule has 1 aliphatic carbocycles. The molecule has 1 aliphatic rings. The molecule has 1 aromatic carbocycles. The summed E-state index contributed by atoms with van der Waals surface area (Å²) in [6.07, 6.45) is 20.6. The summed E-state index contributed by atoms with van der Waals surface area (Å²) in [6.45, 7) is 24.4. The second kappa shape index (κ2) is 17.4. The topological polar surface area (TPSA) is 4.93 Å². The third kappa shape index (κ3) is 7.46. The second-order valence-electron chi connectivity index (χ2n) is 7.81. The molecular weight excluding hydrogens is 466 g/mol. The molecule has 0 amide bonds. The SMILES string of the molecule is C/C=c1/c2c(s/c1=C/C)CCC=C2.C=Cc1c(C=C)n(-c2ccccc2)c(=C/C)/c1=C\CC.CC.CC. The second-order valence-corrected chi connectivity index (χ2v) is 8.95. The van der Waals surface area contributed by atoms with Gasteiger partial charge in [-0.05, 0) is 69.0 Å². The van der Waals surface area contributed by atoms with Crippen LogP contribution in [0.4, 0.5) is 0 Å². The van der Waals surface area contributed by atoms with Gasteiger partial charge in [0.05, 0.1) is 5.69 Å². The van der Waals surface area contributed by atoms with Crippen molar-refractivity contribution in [2.45, 2.75) is 74.7 Å². The number of hydrogen-bond donors (Lipinski definition) is 0. The molecule has 0 bridgehead atoms. The molecule has 0 radical (unpaired) electrons. The quantitative estimate of drug-likeness (QED) is 0.332. The number of hydrogen-bond acceptors (Lipinski definition) is 1. The number of fused-ring (bicyclic) bond motifs is 1. The maximum absolute atomic E-state index is 3.98. The molecule has 198 valence electrons. The van der Waals surface area contributed by atoms with Crippen LogP contribution >= 0.6 is 11.3 Å². The van der Waals surface area contributed by atoms with Crippen LogP contribution in [0.25, 0.3) is 48.2 Å². The van der Waals surface area contributed by atoms with Gasteiger partial charge in [-0.3, -0.25) is 0 Å². The van der Waals surface area contributed by atoms with Crippen LogP contribution in [0.5, 0.6) is 0 Å². The van der Waals surface area contributed by atoms with Gasteiger partial charge in [0, 0.05) is 31.2 Å². The molecule has 0 saturated heterocycles. The number of rotatable bonds is 4. The van der Waals surface area contributed by atoms with Crippen molar-refractivity contribution in [3.05, 3.63) is 91.6 Å². The number of aromatic nitrogens is 1. The van der Waals surface area contributed by atoms with Crippen molar-refractivity contribution in [3.63, 3.8) is 0 Å². The van der Waals surface area contributed by atoms with E-state index in [1.807, 2.05) is 57.3 Å². The molecule has 2 heteroatoms. The fourth-order valence-electron chi connectivity index (χ4n) is 4.44. The molecule has 37 heavy (non-hydrogen) atoms. The van der Waals surface area contributed by atoms with E-state index in [4.69, 9.17) is 0 Å². The molecule has 2 aromatic heterocycles. The third-order valence-electron chi connectivity index (χ3n) is 5.88. The van der Waals surface area contributed by atoms with Gasteiger partial charge < -0.3 is 4.57 Å². The number of benzene rings is 1. The first-order chi connectivity index (χ1) is 18.1. The summed E-state index contributed by atoms with van der Waals surface area (Å²) >= 11 is 1.95. The Kier molecular flexibility index (Phi) is 15.0. The Balaban J connectivity index is 0.000000347. The molecule has 0 saturated carbocycles. The van der Waals surface area contributed by atoms with E-state index in [2.05, 4.69) is 106 Å². The summed E-state index contributed by atoms with van der Waals surface area (Å²) in [5, 5.41) is 3.87. The summed E-state index contributed by atoms with van der Waals surface area (Å²) in [5.41, 5.74) is 4.86. The first-order valence-electron chi connectivity index (χ1n) is 13.8. The van der Waals surface area contributed by atoms with Gasteiger partial charge in [-0.1, -0.05) is 109 Å². The molecule has 4 rings (SSSR count). The van der Waals surface area contributed by atoms with Crippen LogP contribution in [-0.4, -0.2) is 4.57 Å². The lowest BCUT2D eigenvalue weighted by molar-refractivity contribution is 1.01. The Labute approximate surface area is 229 Å². The highest BCUT2D eigenvalue weighted by Crippen LogP contribution is 2.18. The average Bonchev–Trinajstić information content (AvgIpc) is 3.50. The van der Waals surface area contributed by atoms with Crippen LogP contribution in [0.15, 0.2) is 49.6 Å². The zero-order valence-electron chi connectivity index (χ0n) is 24.4. The minimum atomic E-state index is 0.997. The van der Waals surface area contributed by atoms with Gasteiger partial charge in [0.1, 0.15) is 0 Å². The number of para-hydroxylation sites is 1. The first kappa shape index (κ1) is 31.9. The normalized spacial score (nSPS) is 13.5. The van der Waals surface area contributed by atoms with E-state index >= 15 is 0 Å². The van der Waals surface area contributed by atoms with Crippen LogP contribution < -0.4 is 20.3 Å². The fraction of sp³-hybridized carbons (Fsp3) is 0.314. The maximum atomic E-state index is 3.98. The molecule has 0 atom stereocenters. The summed E-state index contributed by atoms with van der Waals surface area (Å²) in [6, 6.07) is 10.4. The van der Waals surface area contributed by atoms with Crippen molar-refractivity contribution < 1.29 is 0 Å². The molecule has 3 aromatic rings.